The Kier molecular flexibility index (Phi) is 2.50. The molecule has 2 heterocycles. The average molecular weight is 192 g/mol. The molecule has 0 spiro atoms. The first-order valence-corrected chi connectivity index (χ1v) is 4.63. The molecule has 0 N–H and O–H groups in total. The fourth-order valence-corrected chi connectivity index (χ4v) is 1.62. The van der Waals surface area contributed by atoms with Crippen molar-refractivity contribution in [3.63, 3.8) is 0 Å². The number of furan rings is 1. The molecular weight excluding hydrogens is 180 g/mol. The number of rotatable bonds is 3. The van der Waals surface area contributed by atoms with E-state index < -0.39 is 0 Å². The topological polar surface area (TPSA) is 39.4 Å². The molecule has 1 aromatic rings. The molecule has 2 unspecified atom stereocenters. The second kappa shape index (κ2) is 3.80. The highest BCUT2D eigenvalue weighted by molar-refractivity contribution is 5.85. The van der Waals surface area contributed by atoms with Crippen molar-refractivity contribution >= 4 is 5.78 Å². The number of hydrogen-bond acceptors (Lipinski definition) is 3. The van der Waals surface area contributed by atoms with Crippen LogP contribution in [0.2, 0.25) is 0 Å². The first kappa shape index (κ1) is 9.21. The first-order chi connectivity index (χ1) is 6.81. The Morgan fingerprint density at radius 3 is 3.14 bits per heavy atom. The van der Waals surface area contributed by atoms with E-state index in [-0.39, 0.29) is 18.0 Å². The van der Waals surface area contributed by atoms with E-state index in [2.05, 4.69) is 6.58 Å². The fraction of sp³-hybridized carbons (Fsp3) is 0.364. The van der Waals surface area contributed by atoms with Crippen LogP contribution >= 0.6 is 0 Å². The van der Waals surface area contributed by atoms with Crippen molar-refractivity contribution < 1.29 is 13.9 Å². The van der Waals surface area contributed by atoms with Gasteiger partial charge >= 0.3 is 0 Å². The van der Waals surface area contributed by atoms with Crippen LogP contribution in [0.15, 0.2) is 35.5 Å². The first-order valence-electron chi connectivity index (χ1n) is 4.63. The molecule has 0 aromatic carbocycles. The van der Waals surface area contributed by atoms with Gasteiger partial charge in [-0.3, -0.25) is 4.79 Å². The number of carbonyl (C=O) groups excluding carboxylic acids is 1. The lowest BCUT2D eigenvalue weighted by molar-refractivity contribution is -0.122. The lowest BCUT2D eigenvalue weighted by Crippen LogP contribution is -2.13. The van der Waals surface area contributed by atoms with Crippen molar-refractivity contribution in [2.24, 2.45) is 0 Å². The monoisotopic (exact) mass is 192 g/mol. The summed E-state index contributed by atoms with van der Waals surface area (Å²) in [6, 6.07) is 3.62. The van der Waals surface area contributed by atoms with E-state index in [0.717, 1.165) is 5.76 Å². The third-order valence-electron chi connectivity index (χ3n) is 2.32. The summed E-state index contributed by atoms with van der Waals surface area (Å²) in [6.07, 6.45) is 3.74. The molecule has 0 amide bonds. The van der Waals surface area contributed by atoms with Crippen LogP contribution in [0.3, 0.4) is 0 Å². The molecule has 2 rings (SSSR count). The SMILES string of the molecule is C=CCC1OC(c2ccco2)CC1=O. The Labute approximate surface area is 82.4 Å². The fourth-order valence-electron chi connectivity index (χ4n) is 1.62. The van der Waals surface area contributed by atoms with E-state index in [1.807, 2.05) is 6.07 Å². The lowest BCUT2D eigenvalue weighted by Gasteiger charge is -2.07. The highest BCUT2D eigenvalue weighted by atomic mass is 16.5. The normalized spacial score (nSPS) is 26.7. The molecule has 3 nitrogen and oxygen atoms in total. The quantitative estimate of drug-likeness (QED) is 0.689. The minimum atomic E-state index is -0.331. The zero-order chi connectivity index (χ0) is 9.97. The Balaban J connectivity index is 2.06. The van der Waals surface area contributed by atoms with Crippen molar-refractivity contribution in [3.05, 3.63) is 36.8 Å². The predicted octanol–water partition coefficient (Wildman–Crippen LogP) is 2.25. The van der Waals surface area contributed by atoms with Gasteiger partial charge in [0.05, 0.1) is 6.26 Å². The summed E-state index contributed by atoms with van der Waals surface area (Å²) in [7, 11) is 0. The van der Waals surface area contributed by atoms with Gasteiger partial charge < -0.3 is 9.15 Å². The number of ether oxygens (including phenoxy) is 1. The van der Waals surface area contributed by atoms with Gasteiger partial charge in [-0.1, -0.05) is 6.08 Å². The highest BCUT2D eigenvalue weighted by Gasteiger charge is 2.34. The summed E-state index contributed by atoms with van der Waals surface area (Å²) in [6.45, 7) is 3.59. The minimum absolute atomic E-state index is 0.131. The molecule has 14 heavy (non-hydrogen) atoms. The van der Waals surface area contributed by atoms with Gasteiger partial charge in [0.25, 0.3) is 0 Å². The molecule has 0 radical (unpaired) electrons. The molecular formula is C11H12O3. The van der Waals surface area contributed by atoms with Gasteiger partial charge in [-0.05, 0) is 18.6 Å². The second-order valence-electron chi connectivity index (χ2n) is 3.32. The molecule has 0 bridgehead atoms. The summed E-state index contributed by atoms with van der Waals surface area (Å²) < 4.78 is 10.7. The zero-order valence-corrected chi connectivity index (χ0v) is 7.81. The number of Topliss-reactive ketones (excluding diaryl/α,β-unsaturated/α-hetero) is 1. The van der Waals surface area contributed by atoms with E-state index in [1.165, 1.54) is 0 Å². The van der Waals surface area contributed by atoms with E-state index in [9.17, 15) is 4.79 Å². The Morgan fingerprint density at radius 1 is 1.64 bits per heavy atom. The number of ketones is 1. The molecule has 2 atom stereocenters. The maximum Gasteiger partial charge on any atom is 0.164 e. The smallest absolute Gasteiger partial charge is 0.164 e. The molecule has 3 heteroatoms. The molecule has 0 saturated carbocycles. The molecule has 74 valence electrons. The van der Waals surface area contributed by atoms with Gasteiger partial charge in [-0.15, -0.1) is 6.58 Å². The largest absolute Gasteiger partial charge is 0.467 e. The van der Waals surface area contributed by atoms with E-state index in [1.54, 1.807) is 18.4 Å². The van der Waals surface area contributed by atoms with Crippen LogP contribution in [0.25, 0.3) is 0 Å². The summed E-state index contributed by atoms with van der Waals surface area (Å²) in [4.78, 5) is 11.5. The maximum absolute atomic E-state index is 11.5. The Bertz CT molecular complexity index is 326. The van der Waals surface area contributed by atoms with Crippen LogP contribution in [0.5, 0.6) is 0 Å². The number of carbonyl (C=O) groups is 1. The van der Waals surface area contributed by atoms with E-state index >= 15 is 0 Å². The van der Waals surface area contributed by atoms with Gasteiger partial charge in [0.1, 0.15) is 18.0 Å². The predicted molar refractivity (Wildman–Crippen MR) is 50.8 cm³/mol. The van der Waals surface area contributed by atoms with Crippen LogP contribution in [0.1, 0.15) is 24.7 Å². The van der Waals surface area contributed by atoms with Gasteiger partial charge in [-0.2, -0.15) is 0 Å². The van der Waals surface area contributed by atoms with Crippen LogP contribution in [-0.4, -0.2) is 11.9 Å². The summed E-state index contributed by atoms with van der Waals surface area (Å²) >= 11 is 0. The second-order valence-corrected chi connectivity index (χ2v) is 3.32. The third kappa shape index (κ3) is 1.63. The Hall–Kier alpha value is -1.35. The molecule has 1 fully saturated rings. The average Bonchev–Trinajstić information content (AvgIpc) is 2.76. The van der Waals surface area contributed by atoms with Gasteiger partial charge in [0.15, 0.2) is 5.78 Å². The van der Waals surface area contributed by atoms with Crippen molar-refractivity contribution in [1.29, 1.82) is 0 Å². The molecule has 0 aliphatic carbocycles. The zero-order valence-electron chi connectivity index (χ0n) is 7.81. The van der Waals surface area contributed by atoms with Crippen molar-refractivity contribution in [2.75, 3.05) is 0 Å². The maximum atomic E-state index is 11.5. The van der Waals surface area contributed by atoms with Gasteiger partial charge in [0, 0.05) is 6.42 Å². The summed E-state index contributed by atoms with van der Waals surface area (Å²) in [5, 5.41) is 0. The molecule has 1 saturated heterocycles. The summed E-state index contributed by atoms with van der Waals surface area (Å²) in [5.41, 5.74) is 0. The van der Waals surface area contributed by atoms with Crippen molar-refractivity contribution in [2.45, 2.75) is 25.0 Å². The van der Waals surface area contributed by atoms with Crippen LogP contribution < -0.4 is 0 Å². The van der Waals surface area contributed by atoms with Crippen LogP contribution in [0.4, 0.5) is 0 Å². The van der Waals surface area contributed by atoms with Gasteiger partial charge in [-0.25, -0.2) is 0 Å². The molecule has 1 aliphatic rings. The minimum Gasteiger partial charge on any atom is -0.467 e. The van der Waals surface area contributed by atoms with E-state index in [4.69, 9.17) is 9.15 Å². The van der Waals surface area contributed by atoms with Crippen LogP contribution in [0, 0.1) is 0 Å². The van der Waals surface area contributed by atoms with E-state index in [0.29, 0.717) is 12.8 Å². The Morgan fingerprint density at radius 2 is 2.50 bits per heavy atom. The van der Waals surface area contributed by atoms with Crippen molar-refractivity contribution in [1.82, 2.24) is 0 Å². The van der Waals surface area contributed by atoms with Crippen molar-refractivity contribution in [3.8, 4) is 0 Å². The molecule has 1 aliphatic heterocycles. The van der Waals surface area contributed by atoms with Crippen LogP contribution in [-0.2, 0) is 9.53 Å². The van der Waals surface area contributed by atoms with Gasteiger partial charge in [0.2, 0.25) is 0 Å². The summed E-state index contributed by atoms with van der Waals surface area (Å²) in [5.74, 6) is 0.858. The highest BCUT2D eigenvalue weighted by Crippen LogP contribution is 2.31. The number of hydrogen-bond donors (Lipinski definition) is 0. The lowest BCUT2D eigenvalue weighted by atomic mass is 10.1. The molecule has 1 aromatic heterocycles. The third-order valence-corrected chi connectivity index (χ3v) is 2.32. The standard InChI is InChI=1S/C11H12O3/c1-2-4-9-8(12)7-11(14-9)10-5-3-6-13-10/h2-3,5-6,9,11H,1,4,7H2.